The van der Waals surface area contributed by atoms with Gasteiger partial charge in [0.2, 0.25) is 5.91 Å². The lowest BCUT2D eigenvalue weighted by Gasteiger charge is -2.21. The lowest BCUT2D eigenvalue weighted by molar-refractivity contribution is -0.129. The molecule has 1 unspecified atom stereocenters. The number of rotatable bonds is 3. The SMILES string of the molecule is Cc1ccc(N2C(=O)CC(N3C(=O)C(=Cc4ccccc4)SC3=S)C2=O)cc1. The van der Waals surface area contributed by atoms with Crippen LogP contribution in [0.25, 0.3) is 6.08 Å². The van der Waals surface area contributed by atoms with Crippen LogP contribution in [0.3, 0.4) is 0 Å². The van der Waals surface area contributed by atoms with E-state index >= 15 is 0 Å². The smallest absolute Gasteiger partial charge is 0.266 e. The van der Waals surface area contributed by atoms with Crippen molar-refractivity contribution < 1.29 is 14.4 Å². The number of aryl methyl sites for hydroxylation is 1. The van der Waals surface area contributed by atoms with E-state index in [1.807, 2.05) is 49.4 Å². The number of thioether (sulfide) groups is 1. The molecule has 7 heteroatoms. The molecule has 2 aliphatic rings. The van der Waals surface area contributed by atoms with Crippen molar-refractivity contribution in [2.24, 2.45) is 0 Å². The first-order valence-corrected chi connectivity index (χ1v) is 9.94. The number of carbonyl (C=O) groups excluding carboxylic acids is 3. The van der Waals surface area contributed by atoms with Crippen LogP contribution in [0.5, 0.6) is 0 Å². The molecule has 2 fully saturated rings. The van der Waals surface area contributed by atoms with Gasteiger partial charge >= 0.3 is 0 Å². The zero-order valence-electron chi connectivity index (χ0n) is 15.0. The number of amides is 3. The van der Waals surface area contributed by atoms with Gasteiger partial charge in [-0.05, 0) is 30.7 Å². The van der Waals surface area contributed by atoms with Gasteiger partial charge in [-0.15, -0.1) is 0 Å². The Kier molecular flexibility index (Phi) is 4.87. The lowest BCUT2D eigenvalue weighted by atomic mass is 10.2. The highest BCUT2D eigenvalue weighted by atomic mass is 32.2. The van der Waals surface area contributed by atoms with Crippen molar-refractivity contribution in [1.82, 2.24) is 4.90 Å². The number of hydrogen-bond acceptors (Lipinski definition) is 5. The maximum absolute atomic E-state index is 13.0. The quantitative estimate of drug-likeness (QED) is 0.442. The Morgan fingerprint density at radius 1 is 1.04 bits per heavy atom. The van der Waals surface area contributed by atoms with Gasteiger partial charge in [0, 0.05) is 0 Å². The van der Waals surface area contributed by atoms with Crippen LogP contribution in [0.2, 0.25) is 0 Å². The summed E-state index contributed by atoms with van der Waals surface area (Å²) in [4.78, 5) is 41.3. The highest BCUT2D eigenvalue weighted by Crippen LogP contribution is 2.37. The molecule has 2 aromatic rings. The van der Waals surface area contributed by atoms with Gasteiger partial charge in [0.05, 0.1) is 17.0 Å². The molecule has 0 aliphatic carbocycles. The van der Waals surface area contributed by atoms with Crippen LogP contribution in [-0.4, -0.2) is 33.0 Å². The molecule has 4 rings (SSSR count). The summed E-state index contributed by atoms with van der Waals surface area (Å²) in [7, 11) is 0. The number of benzene rings is 2. The summed E-state index contributed by atoms with van der Waals surface area (Å²) in [6.07, 6.45) is 1.68. The van der Waals surface area contributed by atoms with Crippen molar-refractivity contribution in [1.29, 1.82) is 0 Å². The second-order valence-electron chi connectivity index (χ2n) is 6.59. The highest BCUT2D eigenvalue weighted by molar-refractivity contribution is 8.26. The van der Waals surface area contributed by atoms with E-state index in [1.165, 1.54) is 4.90 Å². The van der Waals surface area contributed by atoms with Crippen molar-refractivity contribution >= 4 is 57.8 Å². The molecule has 0 radical (unpaired) electrons. The number of anilines is 1. The Hall–Kier alpha value is -2.77. The predicted octanol–water partition coefficient (Wildman–Crippen LogP) is 3.53. The summed E-state index contributed by atoms with van der Waals surface area (Å²) < 4.78 is 0.295. The molecule has 0 bridgehead atoms. The van der Waals surface area contributed by atoms with Gasteiger partial charge in [-0.1, -0.05) is 72.0 Å². The standard InChI is InChI=1S/C21H16N2O3S2/c1-13-7-9-15(10-8-13)22-18(24)12-16(19(22)25)23-20(26)17(28-21(23)27)11-14-5-3-2-4-6-14/h2-11,16H,12H2,1H3. The normalized spacial score (nSPS) is 21.3. The number of hydrogen-bond donors (Lipinski definition) is 0. The fraction of sp³-hybridized carbons (Fsp3) is 0.143. The fourth-order valence-electron chi connectivity index (χ4n) is 3.23. The molecule has 2 aromatic carbocycles. The van der Waals surface area contributed by atoms with Gasteiger partial charge in [0.1, 0.15) is 10.4 Å². The summed E-state index contributed by atoms with van der Waals surface area (Å²) in [5, 5.41) is 0. The molecule has 28 heavy (non-hydrogen) atoms. The maximum atomic E-state index is 13.0. The summed E-state index contributed by atoms with van der Waals surface area (Å²) >= 11 is 6.51. The van der Waals surface area contributed by atoms with E-state index in [4.69, 9.17) is 12.2 Å². The van der Waals surface area contributed by atoms with Crippen LogP contribution in [0.4, 0.5) is 5.69 Å². The number of imide groups is 1. The van der Waals surface area contributed by atoms with E-state index < -0.39 is 11.9 Å². The van der Waals surface area contributed by atoms with Gasteiger partial charge in [0.15, 0.2) is 0 Å². The molecule has 0 aromatic heterocycles. The maximum Gasteiger partial charge on any atom is 0.266 e. The van der Waals surface area contributed by atoms with Crippen molar-refractivity contribution in [2.45, 2.75) is 19.4 Å². The van der Waals surface area contributed by atoms with Crippen molar-refractivity contribution in [2.75, 3.05) is 4.90 Å². The molecule has 0 N–H and O–H groups in total. The first-order chi connectivity index (χ1) is 13.5. The second-order valence-corrected chi connectivity index (χ2v) is 8.26. The number of carbonyl (C=O) groups is 3. The minimum Gasteiger partial charge on any atom is -0.280 e. The van der Waals surface area contributed by atoms with E-state index in [2.05, 4.69) is 0 Å². The monoisotopic (exact) mass is 408 g/mol. The van der Waals surface area contributed by atoms with Crippen LogP contribution < -0.4 is 4.90 Å². The second kappa shape index (κ2) is 7.33. The van der Waals surface area contributed by atoms with Crippen LogP contribution >= 0.6 is 24.0 Å². The van der Waals surface area contributed by atoms with Crippen LogP contribution in [0, 0.1) is 6.92 Å². The zero-order chi connectivity index (χ0) is 19.8. The van der Waals surface area contributed by atoms with E-state index in [1.54, 1.807) is 18.2 Å². The van der Waals surface area contributed by atoms with Gasteiger partial charge < -0.3 is 0 Å². The summed E-state index contributed by atoms with van der Waals surface area (Å²) in [6, 6.07) is 15.7. The fourth-order valence-corrected chi connectivity index (χ4v) is 4.59. The Morgan fingerprint density at radius 3 is 2.39 bits per heavy atom. The van der Waals surface area contributed by atoms with Crippen molar-refractivity contribution in [3.8, 4) is 0 Å². The lowest BCUT2D eigenvalue weighted by Crippen LogP contribution is -2.44. The first kappa shape index (κ1) is 18.6. The average molecular weight is 409 g/mol. The van der Waals surface area contributed by atoms with Crippen LogP contribution in [0.15, 0.2) is 59.5 Å². The topological polar surface area (TPSA) is 57.7 Å². The molecular formula is C21H16N2O3S2. The Morgan fingerprint density at radius 2 is 1.71 bits per heavy atom. The minimum atomic E-state index is -0.900. The Bertz CT molecular complexity index is 1020. The molecule has 3 amide bonds. The van der Waals surface area contributed by atoms with E-state index in [0.717, 1.165) is 27.8 Å². The van der Waals surface area contributed by atoms with E-state index in [-0.39, 0.29) is 18.2 Å². The highest BCUT2D eigenvalue weighted by Gasteiger charge is 2.48. The van der Waals surface area contributed by atoms with Crippen LogP contribution in [0.1, 0.15) is 17.5 Å². The van der Waals surface area contributed by atoms with Gasteiger partial charge in [0.25, 0.3) is 11.8 Å². The van der Waals surface area contributed by atoms with Crippen molar-refractivity contribution in [3.05, 3.63) is 70.6 Å². The largest absolute Gasteiger partial charge is 0.280 e. The predicted molar refractivity (Wildman–Crippen MR) is 114 cm³/mol. The Labute approximate surface area is 172 Å². The third-order valence-electron chi connectivity index (χ3n) is 4.65. The zero-order valence-corrected chi connectivity index (χ0v) is 16.6. The van der Waals surface area contributed by atoms with Crippen LogP contribution in [-0.2, 0) is 14.4 Å². The van der Waals surface area contributed by atoms with Gasteiger partial charge in [-0.3, -0.25) is 19.3 Å². The van der Waals surface area contributed by atoms with Gasteiger partial charge in [-0.25, -0.2) is 4.90 Å². The average Bonchev–Trinajstić information content (AvgIpc) is 3.12. The molecule has 2 aliphatic heterocycles. The minimum absolute atomic E-state index is 0.0717. The third kappa shape index (κ3) is 3.27. The summed E-state index contributed by atoms with van der Waals surface area (Å²) in [6.45, 7) is 1.93. The van der Waals surface area contributed by atoms with Crippen molar-refractivity contribution in [3.63, 3.8) is 0 Å². The summed E-state index contributed by atoms with van der Waals surface area (Å²) in [5.74, 6) is -1.10. The first-order valence-electron chi connectivity index (χ1n) is 8.71. The molecule has 0 spiro atoms. The van der Waals surface area contributed by atoms with E-state index in [0.29, 0.717) is 14.9 Å². The molecule has 5 nitrogen and oxygen atoms in total. The summed E-state index contributed by atoms with van der Waals surface area (Å²) in [5.41, 5.74) is 2.41. The molecular weight excluding hydrogens is 392 g/mol. The third-order valence-corrected chi connectivity index (χ3v) is 5.98. The molecule has 2 saturated heterocycles. The van der Waals surface area contributed by atoms with E-state index in [9.17, 15) is 14.4 Å². The Balaban J connectivity index is 1.61. The molecule has 2 heterocycles. The number of nitrogens with zero attached hydrogens (tertiary/aromatic N) is 2. The molecule has 140 valence electrons. The molecule has 0 saturated carbocycles. The van der Waals surface area contributed by atoms with Gasteiger partial charge in [-0.2, -0.15) is 0 Å². The molecule has 1 atom stereocenters. The number of thiocarbonyl (C=S) groups is 1.